The van der Waals surface area contributed by atoms with Crippen LogP contribution in [0.5, 0.6) is 11.5 Å². The summed E-state index contributed by atoms with van der Waals surface area (Å²) in [5.74, 6) is 0.674. The Hall–Kier alpha value is -2.57. The van der Waals surface area contributed by atoms with E-state index in [0.717, 1.165) is 64.2 Å². The maximum absolute atomic E-state index is 13.7. The van der Waals surface area contributed by atoms with E-state index in [1.165, 1.54) is 37.8 Å². The van der Waals surface area contributed by atoms with Crippen molar-refractivity contribution in [2.75, 3.05) is 13.2 Å². The Labute approximate surface area is 216 Å². The Bertz CT molecular complexity index is 986. The van der Waals surface area contributed by atoms with Gasteiger partial charge < -0.3 is 14.0 Å². The molecule has 0 saturated heterocycles. The van der Waals surface area contributed by atoms with E-state index in [-0.39, 0.29) is 17.0 Å². The van der Waals surface area contributed by atoms with E-state index in [2.05, 4.69) is 20.8 Å². The van der Waals surface area contributed by atoms with Gasteiger partial charge in [-0.15, -0.1) is 0 Å². The van der Waals surface area contributed by atoms with Crippen molar-refractivity contribution in [1.29, 1.82) is 0 Å². The average Bonchev–Trinajstić information content (AvgIpc) is 2.87. The Morgan fingerprint density at radius 1 is 0.750 bits per heavy atom. The molecule has 0 radical (unpaired) electrons. The van der Waals surface area contributed by atoms with Crippen LogP contribution in [0.4, 0.5) is 5.69 Å². The van der Waals surface area contributed by atoms with E-state index >= 15 is 0 Å². The summed E-state index contributed by atoms with van der Waals surface area (Å²) in [7, 11) is 0. The van der Waals surface area contributed by atoms with Crippen LogP contribution in [0.25, 0.3) is 10.9 Å². The number of ether oxygens (including phenoxy) is 2. The van der Waals surface area contributed by atoms with Gasteiger partial charge in [0.25, 0.3) is 11.2 Å². The van der Waals surface area contributed by atoms with Crippen molar-refractivity contribution in [3.05, 3.63) is 38.7 Å². The van der Waals surface area contributed by atoms with Crippen molar-refractivity contribution in [1.82, 2.24) is 4.57 Å². The van der Waals surface area contributed by atoms with Gasteiger partial charge in [0.15, 0.2) is 5.75 Å². The van der Waals surface area contributed by atoms with Crippen LogP contribution in [0.15, 0.2) is 23.0 Å². The third-order valence-corrected chi connectivity index (χ3v) is 6.60. The van der Waals surface area contributed by atoms with E-state index in [0.29, 0.717) is 36.4 Å². The first-order valence-corrected chi connectivity index (χ1v) is 14.2. The molecule has 1 aromatic heterocycles. The minimum Gasteiger partial charge on any atom is -0.489 e. The number of nitro groups is 1. The number of hydrogen-bond donors (Lipinski definition) is 0. The molecular formula is C29H46N2O5. The Morgan fingerprint density at radius 2 is 1.28 bits per heavy atom. The van der Waals surface area contributed by atoms with Gasteiger partial charge in [-0.25, -0.2) is 0 Å². The topological polar surface area (TPSA) is 83.6 Å². The van der Waals surface area contributed by atoms with Crippen LogP contribution >= 0.6 is 0 Å². The number of unbranched alkanes of at least 4 members (excludes halogenated alkanes) is 11. The van der Waals surface area contributed by atoms with E-state index in [1.54, 1.807) is 10.6 Å². The number of nitro benzene ring substituents is 1. The predicted octanol–water partition coefficient (Wildman–Crippen LogP) is 8.19. The number of nitrogens with zero attached hydrogens (tertiary/aromatic N) is 2. The summed E-state index contributed by atoms with van der Waals surface area (Å²) in [6.07, 6.45) is 15.0. The number of aromatic nitrogens is 1. The van der Waals surface area contributed by atoms with Gasteiger partial charge in [-0.2, -0.15) is 0 Å². The molecule has 0 spiro atoms. The van der Waals surface area contributed by atoms with Crippen LogP contribution in [0.2, 0.25) is 0 Å². The Morgan fingerprint density at radius 3 is 1.89 bits per heavy atom. The number of rotatable bonds is 20. The molecule has 0 saturated carbocycles. The fourth-order valence-corrected chi connectivity index (χ4v) is 4.45. The zero-order valence-electron chi connectivity index (χ0n) is 22.7. The number of pyridine rings is 1. The highest BCUT2D eigenvalue weighted by atomic mass is 16.6. The fourth-order valence-electron chi connectivity index (χ4n) is 4.45. The normalized spacial score (nSPS) is 11.2. The van der Waals surface area contributed by atoms with Gasteiger partial charge in [0.2, 0.25) is 5.75 Å². The largest absolute Gasteiger partial charge is 0.489 e. The molecule has 0 amide bonds. The minimum absolute atomic E-state index is 0.0288. The average molecular weight is 503 g/mol. The molecule has 0 aliphatic rings. The monoisotopic (exact) mass is 502 g/mol. The number of fused-ring (bicyclic) bond motifs is 1. The second-order valence-electron chi connectivity index (χ2n) is 9.66. The second-order valence-corrected chi connectivity index (χ2v) is 9.66. The number of non-ortho nitro benzene ring substituents is 1. The first kappa shape index (κ1) is 29.7. The van der Waals surface area contributed by atoms with Crippen molar-refractivity contribution in [2.24, 2.45) is 0 Å². The maximum Gasteiger partial charge on any atom is 0.297 e. The third kappa shape index (κ3) is 9.14. The molecule has 2 aromatic rings. The zero-order chi connectivity index (χ0) is 26.2. The predicted molar refractivity (Wildman–Crippen MR) is 148 cm³/mol. The van der Waals surface area contributed by atoms with Gasteiger partial charge in [-0.05, 0) is 25.3 Å². The lowest BCUT2D eigenvalue weighted by Crippen LogP contribution is -2.24. The van der Waals surface area contributed by atoms with Crippen LogP contribution in [-0.2, 0) is 6.54 Å². The van der Waals surface area contributed by atoms with E-state index < -0.39 is 4.92 Å². The smallest absolute Gasteiger partial charge is 0.297 e. The van der Waals surface area contributed by atoms with Crippen LogP contribution in [-0.4, -0.2) is 22.7 Å². The van der Waals surface area contributed by atoms with Crippen molar-refractivity contribution in [2.45, 2.75) is 117 Å². The van der Waals surface area contributed by atoms with Crippen LogP contribution in [0, 0.1) is 10.1 Å². The molecule has 7 heteroatoms. The highest BCUT2D eigenvalue weighted by Crippen LogP contribution is 2.35. The van der Waals surface area contributed by atoms with Crippen LogP contribution in [0.3, 0.4) is 0 Å². The lowest BCUT2D eigenvalue weighted by molar-refractivity contribution is -0.384. The number of benzene rings is 1. The standard InChI is InChI=1S/C29H46N2O5/c1-4-7-10-13-14-17-22-36-28-27(35-21-16-12-9-6-3)25-19-18-24(31(33)34)23-26(25)30(29(28)32)20-15-11-8-5-2/h18-19,23H,4-17,20-22H2,1-3H3. The van der Waals surface area contributed by atoms with Gasteiger partial charge >= 0.3 is 0 Å². The Balaban J connectivity index is 2.39. The second kappa shape index (κ2) is 17.0. The lowest BCUT2D eigenvalue weighted by Gasteiger charge is -2.19. The molecule has 202 valence electrons. The molecule has 1 heterocycles. The van der Waals surface area contributed by atoms with E-state index in [1.807, 2.05) is 0 Å². The zero-order valence-corrected chi connectivity index (χ0v) is 22.7. The van der Waals surface area contributed by atoms with Crippen LogP contribution in [0.1, 0.15) is 111 Å². The first-order chi connectivity index (χ1) is 17.5. The van der Waals surface area contributed by atoms with Crippen molar-refractivity contribution in [3.8, 4) is 11.5 Å². The third-order valence-electron chi connectivity index (χ3n) is 6.60. The first-order valence-electron chi connectivity index (χ1n) is 14.2. The highest BCUT2D eigenvalue weighted by Gasteiger charge is 2.22. The van der Waals surface area contributed by atoms with Gasteiger partial charge in [0.1, 0.15) is 0 Å². The summed E-state index contributed by atoms with van der Waals surface area (Å²) < 4.78 is 13.9. The molecule has 0 aliphatic heterocycles. The lowest BCUT2D eigenvalue weighted by atomic mass is 10.1. The van der Waals surface area contributed by atoms with Gasteiger partial charge in [0.05, 0.1) is 23.7 Å². The highest BCUT2D eigenvalue weighted by molar-refractivity contribution is 5.89. The molecule has 0 unspecified atom stereocenters. The molecular weight excluding hydrogens is 456 g/mol. The molecule has 2 rings (SSSR count). The van der Waals surface area contributed by atoms with Gasteiger partial charge in [0, 0.05) is 24.1 Å². The fraction of sp³-hybridized carbons (Fsp3) is 0.690. The van der Waals surface area contributed by atoms with Crippen LogP contribution < -0.4 is 15.0 Å². The summed E-state index contributed by atoms with van der Waals surface area (Å²) in [6.45, 7) is 7.96. The summed E-state index contributed by atoms with van der Waals surface area (Å²) in [6, 6.07) is 4.68. The van der Waals surface area contributed by atoms with E-state index in [9.17, 15) is 14.9 Å². The van der Waals surface area contributed by atoms with Gasteiger partial charge in [-0.3, -0.25) is 14.9 Å². The quantitative estimate of drug-likeness (QED) is 0.103. The summed E-state index contributed by atoms with van der Waals surface area (Å²) in [5.41, 5.74) is 0.258. The number of aryl methyl sites for hydroxylation is 1. The molecule has 0 bridgehead atoms. The van der Waals surface area contributed by atoms with Crippen molar-refractivity contribution >= 4 is 16.6 Å². The Kier molecular flexibility index (Phi) is 14.0. The molecule has 0 fully saturated rings. The molecule has 1 aromatic carbocycles. The molecule has 0 aliphatic carbocycles. The molecule has 0 atom stereocenters. The maximum atomic E-state index is 13.7. The summed E-state index contributed by atoms with van der Waals surface area (Å²) in [4.78, 5) is 24.8. The van der Waals surface area contributed by atoms with Gasteiger partial charge in [-0.1, -0.05) is 91.4 Å². The van der Waals surface area contributed by atoms with Crippen molar-refractivity contribution in [3.63, 3.8) is 0 Å². The summed E-state index contributed by atoms with van der Waals surface area (Å²) in [5, 5.41) is 12.2. The summed E-state index contributed by atoms with van der Waals surface area (Å²) >= 11 is 0. The number of hydrogen-bond acceptors (Lipinski definition) is 5. The minimum atomic E-state index is -0.417. The molecule has 36 heavy (non-hydrogen) atoms. The van der Waals surface area contributed by atoms with Crippen molar-refractivity contribution < 1.29 is 14.4 Å². The molecule has 0 N–H and O–H groups in total. The SMILES string of the molecule is CCCCCCCCOc1c(OCCCCCC)c2ccc([N+](=O)[O-])cc2n(CCCCCC)c1=O. The van der Waals surface area contributed by atoms with E-state index in [4.69, 9.17) is 9.47 Å². The molecule has 7 nitrogen and oxygen atoms in total.